The first-order valence-electron chi connectivity index (χ1n) is 7.77. The van der Waals surface area contributed by atoms with Crippen molar-refractivity contribution in [3.8, 4) is 0 Å². The summed E-state index contributed by atoms with van der Waals surface area (Å²) in [6.07, 6.45) is 4.05. The Bertz CT molecular complexity index is 910. The fourth-order valence-corrected chi connectivity index (χ4v) is 4.53. The average molecular weight is 367 g/mol. The Morgan fingerprint density at radius 3 is 2.84 bits per heavy atom. The lowest BCUT2D eigenvalue weighted by Gasteiger charge is -2.15. The number of carbonyl (C=O) groups is 1. The molecule has 134 valence electrons. The number of hydrogen-bond acceptors (Lipinski definition) is 4. The SMILES string of the molecule is Cn1cnc(S(=O)(=O)N2CCC(Cc3ccc(F)c(C(=O)O)c3)C2)c1. The molecule has 0 amide bonds. The Hall–Kier alpha value is -2.26. The van der Waals surface area contributed by atoms with Crippen molar-refractivity contribution in [1.82, 2.24) is 13.9 Å². The molecular formula is C16H18FN3O4S. The summed E-state index contributed by atoms with van der Waals surface area (Å²) >= 11 is 0. The summed E-state index contributed by atoms with van der Waals surface area (Å²) in [7, 11) is -1.92. The van der Waals surface area contributed by atoms with Gasteiger partial charge in [-0.05, 0) is 36.5 Å². The van der Waals surface area contributed by atoms with Crippen LogP contribution in [0.15, 0.2) is 35.7 Å². The molecule has 3 rings (SSSR count). The number of aryl methyl sites for hydroxylation is 1. The third-order valence-corrected chi connectivity index (χ3v) is 6.07. The van der Waals surface area contributed by atoms with Gasteiger partial charge in [0.25, 0.3) is 10.0 Å². The minimum absolute atomic E-state index is 0.0191. The van der Waals surface area contributed by atoms with Gasteiger partial charge in [-0.15, -0.1) is 0 Å². The molecule has 1 aliphatic rings. The van der Waals surface area contributed by atoms with Crippen LogP contribution in [0.4, 0.5) is 4.39 Å². The molecule has 25 heavy (non-hydrogen) atoms. The van der Waals surface area contributed by atoms with Crippen LogP contribution in [-0.4, -0.2) is 46.4 Å². The molecule has 0 aliphatic carbocycles. The molecular weight excluding hydrogens is 349 g/mol. The summed E-state index contributed by atoms with van der Waals surface area (Å²) in [4.78, 5) is 14.9. The van der Waals surface area contributed by atoms with Crippen molar-refractivity contribution in [2.24, 2.45) is 13.0 Å². The van der Waals surface area contributed by atoms with Crippen LogP contribution in [-0.2, 0) is 23.5 Å². The summed E-state index contributed by atoms with van der Waals surface area (Å²) in [5, 5.41) is 9.01. The lowest BCUT2D eigenvalue weighted by Crippen LogP contribution is -2.29. The van der Waals surface area contributed by atoms with Crippen molar-refractivity contribution in [3.05, 3.63) is 47.7 Å². The lowest BCUT2D eigenvalue weighted by molar-refractivity contribution is 0.0691. The van der Waals surface area contributed by atoms with Gasteiger partial charge in [-0.1, -0.05) is 6.07 Å². The quantitative estimate of drug-likeness (QED) is 0.865. The number of carboxylic acid groups (broad SMARTS) is 1. The maximum Gasteiger partial charge on any atom is 0.338 e. The van der Waals surface area contributed by atoms with Gasteiger partial charge in [-0.25, -0.2) is 22.6 Å². The minimum atomic E-state index is -3.62. The van der Waals surface area contributed by atoms with Crippen LogP contribution in [0.2, 0.25) is 0 Å². The van der Waals surface area contributed by atoms with Crippen LogP contribution in [0.5, 0.6) is 0 Å². The van der Waals surface area contributed by atoms with Crippen molar-refractivity contribution in [3.63, 3.8) is 0 Å². The number of carboxylic acids is 1. The van der Waals surface area contributed by atoms with E-state index in [0.29, 0.717) is 31.5 Å². The van der Waals surface area contributed by atoms with E-state index in [0.717, 1.165) is 6.07 Å². The van der Waals surface area contributed by atoms with Gasteiger partial charge in [0.05, 0.1) is 11.9 Å². The molecule has 0 bridgehead atoms. The van der Waals surface area contributed by atoms with Crippen LogP contribution < -0.4 is 0 Å². The minimum Gasteiger partial charge on any atom is -0.478 e. The van der Waals surface area contributed by atoms with Gasteiger partial charge >= 0.3 is 5.97 Å². The van der Waals surface area contributed by atoms with Crippen LogP contribution in [0, 0.1) is 11.7 Å². The molecule has 1 aliphatic heterocycles. The zero-order chi connectivity index (χ0) is 18.2. The Balaban J connectivity index is 1.71. The molecule has 0 saturated carbocycles. The topological polar surface area (TPSA) is 92.5 Å². The molecule has 0 radical (unpaired) electrons. The van der Waals surface area contributed by atoms with E-state index in [1.54, 1.807) is 11.6 Å². The molecule has 1 atom stereocenters. The fourth-order valence-electron chi connectivity index (χ4n) is 3.03. The molecule has 7 nitrogen and oxygen atoms in total. The number of imidazole rings is 1. The van der Waals surface area contributed by atoms with Gasteiger partial charge < -0.3 is 9.67 Å². The summed E-state index contributed by atoms with van der Waals surface area (Å²) in [5.74, 6) is -2.04. The molecule has 9 heteroatoms. The van der Waals surface area contributed by atoms with Gasteiger partial charge in [0.1, 0.15) is 5.82 Å². The first-order valence-corrected chi connectivity index (χ1v) is 9.21. The standard InChI is InChI=1S/C16H18FN3O4S/c1-19-9-15(18-10-19)25(23,24)20-5-4-12(8-20)6-11-2-3-14(17)13(7-11)16(21)22/h2-3,7,9-10,12H,4-6,8H2,1H3,(H,21,22). The Kier molecular flexibility index (Phi) is 4.61. The van der Waals surface area contributed by atoms with E-state index >= 15 is 0 Å². The zero-order valence-corrected chi connectivity index (χ0v) is 14.4. The van der Waals surface area contributed by atoms with Crippen molar-refractivity contribution < 1.29 is 22.7 Å². The van der Waals surface area contributed by atoms with Crippen molar-refractivity contribution in [2.75, 3.05) is 13.1 Å². The predicted molar refractivity (Wildman–Crippen MR) is 87.1 cm³/mol. The molecule has 2 heterocycles. The number of benzene rings is 1. The van der Waals surface area contributed by atoms with Crippen molar-refractivity contribution >= 4 is 16.0 Å². The first-order chi connectivity index (χ1) is 11.8. The maximum atomic E-state index is 13.5. The second kappa shape index (κ2) is 6.57. The normalized spacial score (nSPS) is 18.6. The molecule has 0 spiro atoms. The number of sulfonamides is 1. The number of hydrogen-bond donors (Lipinski definition) is 1. The number of aromatic nitrogens is 2. The number of rotatable bonds is 5. The summed E-state index contributed by atoms with van der Waals surface area (Å²) in [5.41, 5.74) is 0.314. The van der Waals surface area contributed by atoms with Gasteiger partial charge in [0.2, 0.25) is 0 Å². The summed E-state index contributed by atoms with van der Waals surface area (Å²) < 4.78 is 41.5. The zero-order valence-electron chi connectivity index (χ0n) is 13.6. The monoisotopic (exact) mass is 367 g/mol. The molecule has 1 N–H and O–H groups in total. The van der Waals surface area contributed by atoms with Gasteiger partial charge in [-0.2, -0.15) is 4.31 Å². The fraction of sp³-hybridized carbons (Fsp3) is 0.375. The van der Waals surface area contributed by atoms with Crippen molar-refractivity contribution in [1.29, 1.82) is 0 Å². The molecule has 1 saturated heterocycles. The van der Waals surface area contributed by atoms with Crippen molar-refractivity contribution in [2.45, 2.75) is 17.9 Å². The predicted octanol–water partition coefficient (Wildman–Crippen LogP) is 1.51. The van der Waals surface area contributed by atoms with E-state index in [9.17, 15) is 17.6 Å². The molecule has 1 unspecified atom stereocenters. The van der Waals surface area contributed by atoms with Gasteiger partial charge in [0.15, 0.2) is 5.03 Å². The van der Waals surface area contributed by atoms with Crippen LogP contribution in [0.3, 0.4) is 0 Å². The highest BCUT2D eigenvalue weighted by atomic mass is 32.2. The van der Waals surface area contributed by atoms with E-state index in [4.69, 9.17) is 5.11 Å². The van der Waals surface area contributed by atoms with Crippen LogP contribution in [0.25, 0.3) is 0 Å². The van der Waals surface area contributed by atoms with Crippen LogP contribution >= 0.6 is 0 Å². The molecule has 1 fully saturated rings. The third-order valence-electron chi connectivity index (χ3n) is 4.32. The number of nitrogens with zero attached hydrogens (tertiary/aromatic N) is 3. The van der Waals surface area contributed by atoms with E-state index in [2.05, 4.69) is 4.98 Å². The van der Waals surface area contributed by atoms with E-state index in [1.807, 2.05) is 0 Å². The maximum absolute atomic E-state index is 13.5. The molecule has 2 aromatic rings. The highest BCUT2D eigenvalue weighted by molar-refractivity contribution is 7.89. The Morgan fingerprint density at radius 2 is 2.20 bits per heavy atom. The van der Waals surface area contributed by atoms with Crippen LogP contribution in [0.1, 0.15) is 22.3 Å². The van der Waals surface area contributed by atoms with E-state index in [-0.39, 0.29) is 16.5 Å². The molecule has 1 aromatic carbocycles. The first kappa shape index (κ1) is 17.6. The van der Waals surface area contributed by atoms with Gasteiger partial charge in [0, 0.05) is 26.3 Å². The van der Waals surface area contributed by atoms with E-state index < -0.39 is 21.8 Å². The smallest absolute Gasteiger partial charge is 0.338 e. The second-order valence-corrected chi connectivity index (χ2v) is 8.10. The highest BCUT2D eigenvalue weighted by Crippen LogP contribution is 2.26. The Labute approximate surface area is 144 Å². The summed E-state index contributed by atoms with van der Waals surface area (Å²) in [6, 6.07) is 3.99. The second-order valence-electron chi connectivity index (χ2n) is 6.22. The lowest BCUT2D eigenvalue weighted by atomic mass is 9.97. The highest BCUT2D eigenvalue weighted by Gasteiger charge is 2.33. The third kappa shape index (κ3) is 3.57. The Morgan fingerprint density at radius 1 is 1.44 bits per heavy atom. The average Bonchev–Trinajstić information content (AvgIpc) is 3.18. The summed E-state index contributed by atoms with van der Waals surface area (Å²) in [6.45, 7) is 0.718. The molecule has 1 aromatic heterocycles. The number of aromatic carboxylic acids is 1. The number of halogens is 1. The van der Waals surface area contributed by atoms with E-state index in [1.165, 1.54) is 29.0 Å². The van der Waals surface area contributed by atoms with Gasteiger partial charge in [-0.3, -0.25) is 0 Å². The largest absolute Gasteiger partial charge is 0.478 e.